The largest absolute Gasteiger partial charge is 0.494 e. The topological polar surface area (TPSA) is 110 Å². The molecule has 0 spiro atoms. The lowest BCUT2D eigenvalue weighted by atomic mass is 9.98. The zero-order valence-corrected chi connectivity index (χ0v) is 13.8. The third kappa shape index (κ3) is 4.84. The highest BCUT2D eigenvalue weighted by atomic mass is 16.5. The van der Waals surface area contributed by atoms with Gasteiger partial charge in [0.1, 0.15) is 11.4 Å². The summed E-state index contributed by atoms with van der Waals surface area (Å²) in [6.45, 7) is 4.48. The van der Waals surface area contributed by atoms with Gasteiger partial charge in [-0.1, -0.05) is 12.1 Å². The Morgan fingerprint density at radius 1 is 1.33 bits per heavy atom. The van der Waals surface area contributed by atoms with Gasteiger partial charge in [0.2, 0.25) is 5.91 Å². The Morgan fingerprint density at radius 2 is 2.04 bits per heavy atom. The molecule has 1 atom stereocenters. The molecule has 0 bridgehead atoms. The van der Waals surface area contributed by atoms with Crippen molar-refractivity contribution in [3.8, 4) is 5.75 Å². The average molecular weight is 330 g/mol. The molecule has 2 amide bonds. The number of nitrogens with zero attached hydrogens (tertiary/aromatic N) is 1. The molecule has 0 saturated heterocycles. The standard InChI is InChI=1S/C17H22N4O3/c1-3-24-14-6-4-12(5-7-14)9-13(16(18)22)10-19-17(23)15-8-11(2)20-21-15/h4-8,13H,3,9-10H2,1-2H3,(H2,18,22)(H,19,23)(H,20,21). The van der Waals surface area contributed by atoms with Crippen molar-refractivity contribution in [3.05, 3.63) is 47.3 Å². The molecule has 7 heteroatoms. The molecule has 0 fully saturated rings. The number of carbonyl (C=O) groups is 2. The molecule has 1 unspecified atom stereocenters. The van der Waals surface area contributed by atoms with Crippen molar-refractivity contribution in [1.29, 1.82) is 0 Å². The molecule has 24 heavy (non-hydrogen) atoms. The van der Waals surface area contributed by atoms with Crippen LogP contribution >= 0.6 is 0 Å². The summed E-state index contributed by atoms with van der Waals surface area (Å²) in [6.07, 6.45) is 0.446. The van der Waals surface area contributed by atoms with Crippen LogP contribution in [0.15, 0.2) is 30.3 Å². The van der Waals surface area contributed by atoms with Crippen LogP contribution in [0.3, 0.4) is 0 Å². The van der Waals surface area contributed by atoms with Gasteiger partial charge in [-0.15, -0.1) is 0 Å². The Balaban J connectivity index is 1.94. The van der Waals surface area contributed by atoms with Crippen LogP contribution in [0.4, 0.5) is 0 Å². The number of nitrogens with one attached hydrogen (secondary N) is 2. The Bertz CT molecular complexity index is 694. The van der Waals surface area contributed by atoms with Crippen molar-refractivity contribution in [2.24, 2.45) is 11.7 Å². The van der Waals surface area contributed by atoms with E-state index in [0.29, 0.717) is 13.0 Å². The lowest BCUT2D eigenvalue weighted by molar-refractivity contribution is -0.121. The number of aromatic nitrogens is 2. The van der Waals surface area contributed by atoms with E-state index in [9.17, 15) is 9.59 Å². The van der Waals surface area contributed by atoms with Crippen LogP contribution in [0.1, 0.15) is 28.7 Å². The van der Waals surface area contributed by atoms with E-state index < -0.39 is 11.8 Å². The van der Waals surface area contributed by atoms with Crippen molar-refractivity contribution < 1.29 is 14.3 Å². The predicted octanol–water partition coefficient (Wildman–Crippen LogP) is 1.19. The maximum Gasteiger partial charge on any atom is 0.271 e. The fourth-order valence-corrected chi connectivity index (χ4v) is 2.29. The van der Waals surface area contributed by atoms with Crippen LogP contribution in [0.2, 0.25) is 0 Å². The first-order valence-corrected chi connectivity index (χ1v) is 7.81. The van der Waals surface area contributed by atoms with Gasteiger partial charge in [0.15, 0.2) is 0 Å². The molecule has 4 N–H and O–H groups in total. The van der Waals surface area contributed by atoms with Gasteiger partial charge in [0.05, 0.1) is 12.5 Å². The first-order chi connectivity index (χ1) is 11.5. The van der Waals surface area contributed by atoms with Gasteiger partial charge in [-0.25, -0.2) is 0 Å². The van der Waals surface area contributed by atoms with Gasteiger partial charge >= 0.3 is 0 Å². The quantitative estimate of drug-likeness (QED) is 0.675. The van der Waals surface area contributed by atoms with Crippen LogP contribution in [-0.2, 0) is 11.2 Å². The summed E-state index contributed by atoms with van der Waals surface area (Å²) in [5.41, 5.74) is 7.49. The SMILES string of the molecule is CCOc1ccc(CC(CNC(=O)c2cc(C)[nH]n2)C(N)=O)cc1. The Morgan fingerprint density at radius 3 is 2.58 bits per heavy atom. The molecule has 1 aromatic carbocycles. The second-order valence-electron chi connectivity index (χ2n) is 5.53. The number of hydrogen-bond donors (Lipinski definition) is 3. The van der Waals surface area contributed by atoms with Crippen molar-refractivity contribution in [2.75, 3.05) is 13.2 Å². The molecule has 0 aliphatic heterocycles. The zero-order chi connectivity index (χ0) is 17.5. The highest BCUT2D eigenvalue weighted by molar-refractivity contribution is 5.92. The summed E-state index contributed by atoms with van der Waals surface area (Å²) in [5.74, 6) is -0.509. The Labute approximate surface area is 140 Å². The summed E-state index contributed by atoms with van der Waals surface area (Å²) < 4.78 is 5.38. The van der Waals surface area contributed by atoms with E-state index in [-0.39, 0.29) is 18.1 Å². The number of aromatic amines is 1. The zero-order valence-electron chi connectivity index (χ0n) is 13.8. The Hall–Kier alpha value is -2.83. The van der Waals surface area contributed by atoms with Crippen LogP contribution < -0.4 is 15.8 Å². The molecule has 0 saturated carbocycles. The molecule has 0 aliphatic rings. The van der Waals surface area contributed by atoms with Crippen molar-refractivity contribution >= 4 is 11.8 Å². The lowest BCUT2D eigenvalue weighted by Crippen LogP contribution is -2.37. The molecule has 128 valence electrons. The summed E-state index contributed by atoms with van der Waals surface area (Å²) in [7, 11) is 0. The van der Waals surface area contributed by atoms with E-state index in [4.69, 9.17) is 10.5 Å². The summed E-state index contributed by atoms with van der Waals surface area (Å²) >= 11 is 0. The molecule has 0 radical (unpaired) electrons. The van der Waals surface area contributed by atoms with Crippen LogP contribution in [0.5, 0.6) is 5.75 Å². The average Bonchev–Trinajstić information content (AvgIpc) is 2.99. The van der Waals surface area contributed by atoms with Crippen LogP contribution in [0, 0.1) is 12.8 Å². The van der Waals surface area contributed by atoms with Crippen molar-refractivity contribution in [2.45, 2.75) is 20.3 Å². The molecule has 0 aliphatic carbocycles. The lowest BCUT2D eigenvalue weighted by Gasteiger charge is -2.14. The summed E-state index contributed by atoms with van der Waals surface area (Å²) in [5, 5.41) is 9.28. The van der Waals surface area contributed by atoms with Crippen molar-refractivity contribution in [1.82, 2.24) is 15.5 Å². The second kappa shape index (κ2) is 8.14. The fraction of sp³-hybridized carbons (Fsp3) is 0.353. The number of amides is 2. The monoisotopic (exact) mass is 330 g/mol. The number of primary amides is 1. The van der Waals surface area contributed by atoms with Gasteiger partial charge < -0.3 is 15.8 Å². The summed E-state index contributed by atoms with van der Waals surface area (Å²) in [6, 6.07) is 9.12. The number of carbonyl (C=O) groups excluding carboxylic acids is 2. The number of ether oxygens (including phenoxy) is 1. The maximum absolute atomic E-state index is 12.0. The molecule has 1 aromatic heterocycles. The molecule has 7 nitrogen and oxygen atoms in total. The Kier molecular flexibility index (Phi) is 5.95. The van der Waals surface area contributed by atoms with E-state index in [0.717, 1.165) is 17.0 Å². The van der Waals surface area contributed by atoms with E-state index in [1.54, 1.807) is 6.07 Å². The highest BCUT2D eigenvalue weighted by Crippen LogP contribution is 2.15. The molecular weight excluding hydrogens is 308 g/mol. The molecule has 2 aromatic rings. The van der Waals surface area contributed by atoms with Gasteiger partial charge in [-0.3, -0.25) is 14.7 Å². The third-order valence-corrected chi connectivity index (χ3v) is 3.57. The number of aryl methyl sites for hydroxylation is 1. The fourth-order valence-electron chi connectivity index (χ4n) is 2.29. The van der Waals surface area contributed by atoms with Gasteiger partial charge in [0, 0.05) is 12.2 Å². The van der Waals surface area contributed by atoms with E-state index in [2.05, 4.69) is 15.5 Å². The van der Waals surface area contributed by atoms with Gasteiger partial charge in [-0.05, 0) is 44.0 Å². The smallest absolute Gasteiger partial charge is 0.271 e. The summed E-state index contributed by atoms with van der Waals surface area (Å²) in [4.78, 5) is 23.6. The number of rotatable bonds is 8. The number of benzene rings is 1. The normalized spacial score (nSPS) is 11.8. The van der Waals surface area contributed by atoms with E-state index in [1.807, 2.05) is 38.1 Å². The highest BCUT2D eigenvalue weighted by Gasteiger charge is 2.18. The third-order valence-electron chi connectivity index (χ3n) is 3.57. The van der Waals surface area contributed by atoms with Crippen LogP contribution in [-0.4, -0.2) is 35.2 Å². The number of hydrogen-bond acceptors (Lipinski definition) is 4. The molecular formula is C17H22N4O3. The maximum atomic E-state index is 12.0. The van der Waals surface area contributed by atoms with Gasteiger partial charge in [-0.2, -0.15) is 5.10 Å². The number of nitrogens with two attached hydrogens (primary N) is 1. The van der Waals surface area contributed by atoms with Crippen LogP contribution in [0.25, 0.3) is 0 Å². The first kappa shape index (κ1) is 17.5. The minimum Gasteiger partial charge on any atom is -0.494 e. The van der Waals surface area contributed by atoms with E-state index in [1.165, 1.54) is 0 Å². The second-order valence-corrected chi connectivity index (χ2v) is 5.53. The van der Waals surface area contributed by atoms with Gasteiger partial charge in [0.25, 0.3) is 5.91 Å². The first-order valence-electron chi connectivity index (χ1n) is 7.81. The molecule has 1 heterocycles. The van der Waals surface area contributed by atoms with E-state index >= 15 is 0 Å². The minimum atomic E-state index is -0.494. The number of H-pyrrole nitrogens is 1. The predicted molar refractivity (Wildman–Crippen MR) is 89.7 cm³/mol. The van der Waals surface area contributed by atoms with Crippen molar-refractivity contribution in [3.63, 3.8) is 0 Å². The minimum absolute atomic E-state index is 0.160. The molecule has 2 rings (SSSR count).